The quantitative estimate of drug-likeness (QED) is 0.939. The Morgan fingerprint density at radius 2 is 1.91 bits per heavy atom. The minimum Gasteiger partial charge on any atom is -0.321 e. The van der Waals surface area contributed by atoms with E-state index < -0.39 is 0 Å². The van der Waals surface area contributed by atoms with Crippen LogP contribution in [0.3, 0.4) is 0 Å². The van der Waals surface area contributed by atoms with Crippen molar-refractivity contribution in [2.45, 2.75) is 26.3 Å². The molecule has 4 heteroatoms. The number of anilines is 1. The van der Waals surface area contributed by atoms with Gasteiger partial charge < -0.3 is 5.32 Å². The molecular weight excluding hydrogens is 286 g/mol. The number of nitrogens with zero attached hydrogens (tertiary/aromatic N) is 2. The third kappa shape index (κ3) is 4.39. The summed E-state index contributed by atoms with van der Waals surface area (Å²) in [6, 6.07) is 13.4. The number of benzene rings is 1. The van der Waals surface area contributed by atoms with E-state index in [-0.39, 0.29) is 5.91 Å². The van der Waals surface area contributed by atoms with Crippen LogP contribution >= 0.6 is 0 Å². The number of carbonyl (C=O) groups excluding carboxylic acids is 1. The normalized spacial score (nSPS) is 16.2. The van der Waals surface area contributed by atoms with E-state index in [1.807, 2.05) is 18.2 Å². The molecular formula is C19H23N3O. The van der Waals surface area contributed by atoms with Crippen LogP contribution in [0.1, 0.15) is 35.8 Å². The van der Waals surface area contributed by atoms with Crippen LogP contribution in [0.5, 0.6) is 0 Å². The average Bonchev–Trinajstić information content (AvgIpc) is 2.59. The predicted molar refractivity (Wildman–Crippen MR) is 92.3 cm³/mol. The van der Waals surface area contributed by atoms with Crippen molar-refractivity contribution >= 4 is 11.6 Å². The summed E-state index contributed by atoms with van der Waals surface area (Å²) in [6.07, 6.45) is 4.20. The molecule has 23 heavy (non-hydrogen) atoms. The molecule has 0 saturated carbocycles. The van der Waals surface area contributed by atoms with E-state index >= 15 is 0 Å². The topological polar surface area (TPSA) is 45.2 Å². The first-order valence-corrected chi connectivity index (χ1v) is 8.24. The first kappa shape index (κ1) is 15.7. The lowest BCUT2D eigenvalue weighted by Gasteiger charge is -2.30. The molecule has 1 fully saturated rings. The monoisotopic (exact) mass is 309 g/mol. The van der Waals surface area contributed by atoms with Gasteiger partial charge in [0.05, 0.1) is 0 Å². The molecule has 1 aromatic heterocycles. The van der Waals surface area contributed by atoms with Crippen molar-refractivity contribution in [3.8, 4) is 0 Å². The minimum absolute atomic E-state index is 0.177. The summed E-state index contributed by atoms with van der Waals surface area (Å²) in [7, 11) is 0. The van der Waals surface area contributed by atoms with Gasteiger partial charge in [0, 0.05) is 18.4 Å². The van der Waals surface area contributed by atoms with Crippen LogP contribution in [-0.2, 0) is 6.54 Å². The Balaban J connectivity index is 1.56. The zero-order valence-electron chi connectivity index (χ0n) is 13.5. The van der Waals surface area contributed by atoms with Crippen molar-refractivity contribution in [2.75, 3.05) is 18.4 Å². The van der Waals surface area contributed by atoms with Crippen molar-refractivity contribution in [1.82, 2.24) is 9.88 Å². The van der Waals surface area contributed by atoms with Crippen LogP contribution in [0.2, 0.25) is 0 Å². The maximum atomic E-state index is 12.1. The number of amides is 1. The van der Waals surface area contributed by atoms with E-state index in [1.165, 1.54) is 31.5 Å². The summed E-state index contributed by atoms with van der Waals surface area (Å²) in [5, 5.41) is 2.88. The first-order chi connectivity index (χ1) is 11.2. The number of hydrogen-bond donors (Lipinski definition) is 1. The average molecular weight is 309 g/mol. The largest absolute Gasteiger partial charge is 0.321 e. The Morgan fingerprint density at radius 1 is 1.17 bits per heavy atom. The van der Waals surface area contributed by atoms with E-state index in [0.29, 0.717) is 5.69 Å². The van der Waals surface area contributed by atoms with Crippen molar-refractivity contribution in [3.05, 3.63) is 59.9 Å². The number of nitrogens with one attached hydrogen (secondary N) is 1. The van der Waals surface area contributed by atoms with Crippen molar-refractivity contribution in [3.63, 3.8) is 0 Å². The zero-order chi connectivity index (χ0) is 16.1. The van der Waals surface area contributed by atoms with Gasteiger partial charge in [-0.2, -0.15) is 0 Å². The molecule has 1 saturated heterocycles. The van der Waals surface area contributed by atoms with Crippen molar-refractivity contribution in [1.29, 1.82) is 0 Å². The van der Waals surface area contributed by atoms with Gasteiger partial charge in [0.2, 0.25) is 0 Å². The summed E-state index contributed by atoms with van der Waals surface area (Å²) in [5.74, 6) is 0.679. The Labute approximate surface area is 137 Å². The summed E-state index contributed by atoms with van der Waals surface area (Å²) in [4.78, 5) is 18.6. The Kier molecular flexibility index (Phi) is 5.03. The second kappa shape index (κ2) is 7.38. The fraction of sp³-hybridized carbons (Fsp3) is 0.368. The van der Waals surface area contributed by atoms with E-state index in [4.69, 9.17) is 0 Å². The zero-order valence-corrected chi connectivity index (χ0v) is 13.5. The van der Waals surface area contributed by atoms with Gasteiger partial charge in [-0.05, 0) is 61.7 Å². The van der Waals surface area contributed by atoms with E-state index in [2.05, 4.69) is 34.3 Å². The molecule has 0 bridgehead atoms. The molecule has 0 spiro atoms. The molecule has 0 unspecified atom stereocenters. The molecule has 1 N–H and O–H groups in total. The maximum Gasteiger partial charge on any atom is 0.274 e. The lowest BCUT2D eigenvalue weighted by molar-refractivity contribution is 0.102. The number of piperidine rings is 1. The molecule has 1 aromatic carbocycles. The van der Waals surface area contributed by atoms with Crippen LogP contribution in [-0.4, -0.2) is 28.9 Å². The van der Waals surface area contributed by atoms with Gasteiger partial charge in [0.25, 0.3) is 5.91 Å². The standard InChI is InChI=1S/C19H23N3O/c1-15-9-12-22(13-10-15)14-16-5-7-17(8-6-16)21-19(23)18-4-2-3-11-20-18/h2-8,11,15H,9-10,12-14H2,1H3,(H,21,23). The minimum atomic E-state index is -0.177. The summed E-state index contributed by atoms with van der Waals surface area (Å²) in [5.41, 5.74) is 2.52. The van der Waals surface area contributed by atoms with Crippen molar-refractivity contribution in [2.24, 2.45) is 5.92 Å². The lowest BCUT2D eigenvalue weighted by Crippen LogP contribution is -2.32. The molecule has 2 aromatic rings. The smallest absolute Gasteiger partial charge is 0.274 e. The van der Waals surface area contributed by atoms with Crippen LogP contribution < -0.4 is 5.32 Å². The fourth-order valence-electron chi connectivity index (χ4n) is 2.86. The second-order valence-corrected chi connectivity index (χ2v) is 6.32. The van der Waals surface area contributed by atoms with Gasteiger partial charge in [-0.15, -0.1) is 0 Å². The summed E-state index contributed by atoms with van der Waals surface area (Å²) >= 11 is 0. The fourth-order valence-corrected chi connectivity index (χ4v) is 2.86. The molecule has 120 valence electrons. The third-order valence-corrected chi connectivity index (χ3v) is 4.39. The third-order valence-electron chi connectivity index (χ3n) is 4.39. The van der Waals surface area contributed by atoms with Crippen LogP contribution in [0.4, 0.5) is 5.69 Å². The number of hydrogen-bond acceptors (Lipinski definition) is 3. The van der Waals surface area contributed by atoms with Gasteiger partial charge in [-0.3, -0.25) is 14.7 Å². The van der Waals surface area contributed by atoms with E-state index in [0.717, 1.165) is 18.2 Å². The van der Waals surface area contributed by atoms with Gasteiger partial charge in [-0.1, -0.05) is 25.1 Å². The molecule has 1 aliphatic heterocycles. The highest BCUT2D eigenvalue weighted by molar-refractivity contribution is 6.02. The van der Waals surface area contributed by atoms with Crippen LogP contribution in [0, 0.1) is 5.92 Å². The van der Waals surface area contributed by atoms with Crippen LogP contribution in [0.25, 0.3) is 0 Å². The number of likely N-dealkylation sites (tertiary alicyclic amines) is 1. The number of aromatic nitrogens is 1. The summed E-state index contributed by atoms with van der Waals surface area (Å²) < 4.78 is 0. The number of carbonyl (C=O) groups is 1. The molecule has 0 radical (unpaired) electrons. The molecule has 3 rings (SSSR count). The van der Waals surface area contributed by atoms with Gasteiger partial charge in [0.1, 0.15) is 5.69 Å². The highest BCUT2D eigenvalue weighted by atomic mass is 16.1. The molecule has 0 aliphatic carbocycles. The predicted octanol–water partition coefficient (Wildman–Crippen LogP) is 3.57. The lowest BCUT2D eigenvalue weighted by atomic mass is 9.99. The molecule has 1 aliphatic rings. The SMILES string of the molecule is CC1CCN(Cc2ccc(NC(=O)c3ccccn3)cc2)CC1. The highest BCUT2D eigenvalue weighted by Crippen LogP contribution is 2.19. The van der Waals surface area contributed by atoms with Crippen molar-refractivity contribution < 1.29 is 4.79 Å². The highest BCUT2D eigenvalue weighted by Gasteiger charge is 2.15. The molecule has 2 heterocycles. The molecule has 4 nitrogen and oxygen atoms in total. The maximum absolute atomic E-state index is 12.1. The Bertz CT molecular complexity index is 631. The van der Waals surface area contributed by atoms with Gasteiger partial charge >= 0.3 is 0 Å². The second-order valence-electron chi connectivity index (χ2n) is 6.32. The number of rotatable bonds is 4. The Morgan fingerprint density at radius 3 is 2.57 bits per heavy atom. The van der Waals surface area contributed by atoms with E-state index in [1.54, 1.807) is 18.3 Å². The van der Waals surface area contributed by atoms with Gasteiger partial charge in [0.15, 0.2) is 0 Å². The Hall–Kier alpha value is -2.20. The van der Waals surface area contributed by atoms with Crippen LogP contribution in [0.15, 0.2) is 48.7 Å². The van der Waals surface area contributed by atoms with E-state index in [9.17, 15) is 4.79 Å². The van der Waals surface area contributed by atoms with Gasteiger partial charge in [-0.25, -0.2) is 0 Å². The first-order valence-electron chi connectivity index (χ1n) is 8.24. The number of pyridine rings is 1. The molecule has 0 atom stereocenters. The summed E-state index contributed by atoms with van der Waals surface area (Å²) in [6.45, 7) is 5.68. The molecule has 1 amide bonds.